The monoisotopic (exact) mass is 212 g/mol. The topological polar surface area (TPSA) is 35.5 Å². The molecule has 0 bridgehead atoms. The van der Waals surface area contributed by atoms with E-state index in [-0.39, 0.29) is 11.7 Å². The molecule has 0 amide bonds. The van der Waals surface area contributed by atoms with Gasteiger partial charge in [0, 0.05) is 0 Å². The number of methoxy groups -OCH3 is 2. The molecule has 0 spiro atoms. The van der Waals surface area contributed by atoms with Gasteiger partial charge in [-0.05, 0) is 24.6 Å². The summed E-state index contributed by atoms with van der Waals surface area (Å²) in [6.45, 7) is 1.66. The van der Waals surface area contributed by atoms with E-state index in [4.69, 9.17) is 4.74 Å². The van der Waals surface area contributed by atoms with Crippen LogP contribution in [0.1, 0.15) is 18.4 Å². The van der Waals surface area contributed by atoms with Gasteiger partial charge in [0.15, 0.2) is 11.6 Å². The Morgan fingerprint density at radius 1 is 1.40 bits per heavy atom. The van der Waals surface area contributed by atoms with Gasteiger partial charge in [0.25, 0.3) is 0 Å². The van der Waals surface area contributed by atoms with Gasteiger partial charge in [-0.25, -0.2) is 4.39 Å². The molecule has 1 aromatic rings. The van der Waals surface area contributed by atoms with Crippen molar-refractivity contribution in [3.8, 4) is 5.75 Å². The molecular weight excluding hydrogens is 199 g/mol. The summed E-state index contributed by atoms with van der Waals surface area (Å²) in [5.74, 6) is -1.18. The van der Waals surface area contributed by atoms with Crippen molar-refractivity contribution in [3.63, 3.8) is 0 Å². The molecule has 82 valence electrons. The van der Waals surface area contributed by atoms with E-state index in [2.05, 4.69) is 4.74 Å². The third-order valence-electron chi connectivity index (χ3n) is 2.23. The Hall–Kier alpha value is -1.58. The van der Waals surface area contributed by atoms with Gasteiger partial charge in [-0.2, -0.15) is 0 Å². The van der Waals surface area contributed by atoms with Crippen LogP contribution in [-0.2, 0) is 9.53 Å². The number of carbonyl (C=O) groups excluding carboxylic acids is 1. The standard InChI is InChI=1S/C11H13FO3/c1-7(11(13)15-3)8-4-5-10(14-2)9(12)6-8/h4-7H,1-3H3. The normalized spacial score (nSPS) is 12.0. The number of carbonyl (C=O) groups is 1. The zero-order valence-corrected chi connectivity index (χ0v) is 8.91. The van der Waals surface area contributed by atoms with E-state index in [0.29, 0.717) is 5.56 Å². The van der Waals surface area contributed by atoms with Crippen LogP contribution in [0.2, 0.25) is 0 Å². The van der Waals surface area contributed by atoms with Crippen LogP contribution in [0.25, 0.3) is 0 Å². The molecular formula is C11H13FO3. The van der Waals surface area contributed by atoms with E-state index < -0.39 is 11.7 Å². The first kappa shape index (κ1) is 11.5. The van der Waals surface area contributed by atoms with Crippen LogP contribution in [0.3, 0.4) is 0 Å². The van der Waals surface area contributed by atoms with E-state index in [1.165, 1.54) is 26.4 Å². The maximum Gasteiger partial charge on any atom is 0.312 e. The van der Waals surface area contributed by atoms with Gasteiger partial charge in [0.1, 0.15) is 0 Å². The molecule has 3 nitrogen and oxygen atoms in total. The molecule has 0 aromatic heterocycles. The minimum Gasteiger partial charge on any atom is -0.494 e. The van der Waals surface area contributed by atoms with Crippen molar-refractivity contribution in [2.75, 3.05) is 14.2 Å². The SMILES string of the molecule is COC(=O)C(C)c1ccc(OC)c(F)c1. The molecule has 1 unspecified atom stereocenters. The van der Waals surface area contributed by atoms with Crippen molar-refractivity contribution >= 4 is 5.97 Å². The zero-order valence-electron chi connectivity index (χ0n) is 8.91. The van der Waals surface area contributed by atoms with E-state index in [1.807, 2.05) is 0 Å². The second-order valence-corrected chi connectivity index (χ2v) is 3.14. The number of esters is 1. The molecule has 0 heterocycles. The van der Waals surface area contributed by atoms with Crippen LogP contribution in [0.4, 0.5) is 4.39 Å². The lowest BCUT2D eigenvalue weighted by Crippen LogP contribution is -2.11. The average Bonchev–Trinajstić information content (AvgIpc) is 2.26. The maximum absolute atomic E-state index is 13.3. The Bertz CT molecular complexity index is 363. The molecule has 0 saturated carbocycles. The van der Waals surface area contributed by atoms with Gasteiger partial charge >= 0.3 is 5.97 Å². The number of rotatable bonds is 3. The highest BCUT2D eigenvalue weighted by atomic mass is 19.1. The molecule has 0 fully saturated rings. The fourth-order valence-corrected chi connectivity index (χ4v) is 1.26. The van der Waals surface area contributed by atoms with Gasteiger partial charge in [-0.3, -0.25) is 4.79 Å². The molecule has 15 heavy (non-hydrogen) atoms. The van der Waals surface area contributed by atoms with Crippen LogP contribution in [0.15, 0.2) is 18.2 Å². The first-order chi connectivity index (χ1) is 7.10. The lowest BCUT2D eigenvalue weighted by Gasteiger charge is -2.10. The van der Waals surface area contributed by atoms with Crippen LogP contribution < -0.4 is 4.74 Å². The van der Waals surface area contributed by atoms with Crippen LogP contribution in [0.5, 0.6) is 5.75 Å². The number of ether oxygens (including phenoxy) is 2. The largest absolute Gasteiger partial charge is 0.494 e. The lowest BCUT2D eigenvalue weighted by atomic mass is 10.0. The van der Waals surface area contributed by atoms with Crippen molar-refractivity contribution in [3.05, 3.63) is 29.6 Å². The summed E-state index contributed by atoms with van der Waals surface area (Å²) < 4.78 is 22.6. The third-order valence-corrected chi connectivity index (χ3v) is 2.23. The zero-order chi connectivity index (χ0) is 11.4. The van der Waals surface area contributed by atoms with Crippen molar-refractivity contribution in [1.29, 1.82) is 0 Å². The Morgan fingerprint density at radius 2 is 2.07 bits per heavy atom. The summed E-state index contributed by atoms with van der Waals surface area (Å²) in [6.07, 6.45) is 0. The summed E-state index contributed by atoms with van der Waals surface area (Å²) in [7, 11) is 2.69. The third kappa shape index (κ3) is 2.46. The first-order valence-corrected chi connectivity index (χ1v) is 4.51. The van der Waals surface area contributed by atoms with Crippen LogP contribution >= 0.6 is 0 Å². The molecule has 1 rings (SSSR count). The molecule has 1 atom stereocenters. The summed E-state index contributed by atoms with van der Waals surface area (Å²) in [5, 5.41) is 0. The molecule has 0 N–H and O–H groups in total. The minimum absolute atomic E-state index is 0.163. The molecule has 0 saturated heterocycles. The highest BCUT2D eigenvalue weighted by molar-refractivity contribution is 5.77. The average molecular weight is 212 g/mol. The highest BCUT2D eigenvalue weighted by Gasteiger charge is 2.17. The van der Waals surface area contributed by atoms with E-state index >= 15 is 0 Å². The number of hydrogen-bond donors (Lipinski definition) is 0. The van der Waals surface area contributed by atoms with E-state index in [0.717, 1.165) is 0 Å². The van der Waals surface area contributed by atoms with E-state index in [1.54, 1.807) is 13.0 Å². The van der Waals surface area contributed by atoms with Crippen molar-refractivity contribution < 1.29 is 18.7 Å². The molecule has 1 aromatic carbocycles. The Morgan fingerprint density at radius 3 is 2.53 bits per heavy atom. The molecule has 0 radical (unpaired) electrons. The number of halogens is 1. The van der Waals surface area contributed by atoms with E-state index in [9.17, 15) is 9.18 Å². The minimum atomic E-state index is -0.481. The Kier molecular flexibility index (Phi) is 3.66. The first-order valence-electron chi connectivity index (χ1n) is 4.51. The summed E-state index contributed by atoms with van der Waals surface area (Å²) >= 11 is 0. The summed E-state index contributed by atoms with van der Waals surface area (Å²) in [4.78, 5) is 11.2. The Balaban J connectivity index is 2.97. The molecule has 0 aliphatic rings. The summed E-state index contributed by atoms with van der Waals surface area (Å²) in [5.41, 5.74) is 0.570. The fraction of sp³-hybridized carbons (Fsp3) is 0.364. The van der Waals surface area contributed by atoms with Gasteiger partial charge in [-0.15, -0.1) is 0 Å². The van der Waals surface area contributed by atoms with Crippen LogP contribution in [-0.4, -0.2) is 20.2 Å². The predicted octanol–water partition coefficient (Wildman–Crippen LogP) is 2.11. The van der Waals surface area contributed by atoms with Crippen molar-refractivity contribution in [2.45, 2.75) is 12.8 Å². The molecule has 0 aliphatic carbocycles. The molecule has 4 heteroatoms. The molecule has 0 aliphatic heterocycles. The van der Waals surface area contributed by atoms with Crippen molar-refractivity contribution in [2.24, 2.45) is 0 Å². The van der Waals surface area contributed by atoms with Crippen LogP contribution in [0, 0.1) is 5.82 Å². The second kappa shape index (κ2) is 4.77. The number of hydrogen-bond acceptors (Lipinski definition) is 3. The van der Waals surface area contributed by atoms with Gasteiger partial charge in [-0.1, -0.05) is 6.07 Å². The quantitative estimate of drug-likeness (QED) is 0.720. The predicted molar refractivity (Wildman–Crippen MR) is 53.4 cm³/mol. The Labute approximate surface area is 87.8 Å². The van der Waals surface area contributed by atoms with Gasteiger partial charge < -0.3 is 9.47 Å². The fourth-order valence-electron chi connectivity index (χ4n) is 1.26. The lowest BCUT2D eigenvalue weighted by molar-refractivity contribution is -0.141. The second-order valence-electron chi connectivity index (χ2n) is 3.14. The van der Waals surface area contributed by atoms with Crippen molar-refractivity contribution in [1.82, 2.24) is 0 Å². The van der Waals surface area contributed by atoms with Gasteiger partial charge in [0.2, 0.25) is 0 Å². The highest BCUT2D eigenvalue weighted by Crippen LogP contribution is 2.23. The smallest absolute Gasteiger partial charge is 0.312 e. The summed E-state index contributed by atoms with van der Waals surface area (Å²) in [6, 6.07) is 4.41. The maximum atomic E-state index is 13.3. The van der Waals surface area contributed by atoms with Gasteiger partial charge in [0.05, 0.1) is 20.1 Å². The number of benzene rings is 1.